The topological polar surface area (TPSA) is 51.2 Å². The zero-order valence-corrected chi connectivity index (χ0v) is 15.3. The van der Waals surface area contributed by atoms with Gasteiger partial charge in [-0.05, 0) is 44.2 Å². The van der Waals surface area contributed by atoms with Gasteiger partial charge in [0.1, 0.15) is 0 Å². The molecule has 1 aromatic heterocycles. The molecule has 1 atom stereocenters. The number of carbonyl (C=O) groups is 1. The molecule has 23 heavy (non-hydrogen) atoms. The number of aromatic nitrogens is 1. The van der Waals surface area contributed by atoms with Gasteiger partial charge in [0.05, 0.1) is 5.52 Å². The number of pyridine rings is 1. The summed E-state index contributed by atoms with van der Waals surface area (Å²) in [4.78, 5) is 18.1. The van der Waals surface area contributed by atoms with Gasteiger partial charge in [-0.2, -0.15) is 0 Å². The van der Waals surface area contributed by atoms with Gasteiger partial charge in [-0.3, -0.25) is 9.78 Å². The van der Waals surface area contributed by atoms with Gasteiger partial charge < -0.3 is 10.1 Å². The minimum Gasteiger partial charge on any atom is -0.385 e. The number of ether oxygens (including phenoxy) is 1. The van der Waals surface area contributed by atoms with Crippen molar-refractivity contribution in [3.63, 3.8) is 0 Å². The summed E-state index contributed by atoms with van der Waals surface area (Å²) >= 11 is 0. The number of hydrogen-bond acceptors (Lipinski definition) is 5. The number of amides is 1. The van der Waals surface area contributed by atoms with Crippen molar-refractivity contribution < 1.29 is 9.53 Å². The van der Waals surface area contributed by atoms with Crippen LogP contribution in [-0.2, 0) is 4.74 Å². The van der Waals surface area contributed by atoms with Gasteiger partial charge in [-0.1, -0.05) is 27.7 Å². The maximum atomic E-state index is 12.6. The van der Waals surface area contributed by atoms with Crippen LogP contribution in [-0.4, -0.2) is 36.9 Å². The number of hydrogen-bond donors (Lipinski definition) is 1. The monoisotopic (exact) mass is 350 g/mol. The van der Waals surface area contributed by atoms with E-state index in [0.717, 1.165) is 28.6 Å². The third-order valence-corrected chi connectivity index (χ3v) is 5.23. The molecular weight excluding hydrogens is 328 g/mol. The highest BCUT2D eigenvalue weighted by Gasteiger charge is 2.15. The molecule has 0 radical (unpaired) electrons. The fourth-order valence-corrected chi connectivity index (χ4v) is 3.90. The number of nitrogens with one attached hydrogen (secondary N) is 1. The van der Waals surface area contributed by atoms with Gasteiger partial charge in [-0.25, -0.2) is 0 Å². The van der Waals surface area contributed by atoms with Crippen molar-refractivity contribution >= 4 is 38.4 Å². The largest absolute Gasteiger partial charge is 0.385 e. The number of nitrogens with zero attached hydrogens (tertiary/aromatic N) is 1. The molecule has 0 aliphatic rings. The molecule has 0 saturated heterocycles. The van der Waals surface area contributed by atoms with Gasteiger partial charge in [-0.15, -0.1) is 0 Å². The van der Waals surface area contributed by atoms with E-state index in [4.69, 9.17) is 4.74 Å². The highest BCUT2D eigenvalue weighted by atomic mass is 33.1. The van der Waals surface area contributed by atoms with Crippen LogP contribution in [0.4, 0.5) is 0 Å². The molecule has 1 aromatic carbocycles. The van der Waals surface area contributed by atoms with E-state index in [0.29, 0.717) is 12.2 Å². The fourth-order valence-electron chi connectivity index (χ4n) is 2.41. The van der Waals surface area contributed by atoms with Gasteiger partial charge in [0, 0.05) is 41.8 Å². The van der Waals surface area contributed by atoms with Crippen LogP contribution in [0.2, 0.25) is 0 Å². The Bertz CT molecular complexity index is 664. The third kappa shape index (κ3) is 4.86. The van der Waals surface area contributed by atoms with Crippen LogP contribution in [0.1, 0.15) is 30.1 Å². The van der Waals surface area contributed by atoms with Crippen molar-refractivity contribution in [2.24, 2.45) is 0 Å². The zero-order chi connectivity index (χ0) is 16.7. The first-order chi connectivity index (χ1) is 11.2. The Labute approximate surface area is 145 Å². The summed E-state index contributed by atoms with van der Waals surface area (Å²) in [5.41, 5.74) is 1.56. The van der Waals surface area contributed by atoms with E-state index in [1.807, 2.05) is 37.4 Å². The van der Waals surface area contributed by atoms with Crippen molar-refractivity contribution in [3.05, 3.63) is 36.0 Å². The molecule has 0 bridgehead atoms. The normalized spacial score (nSPS) is 12.3. The van der Waals surface area contributed by atoms with Crippen LogP contribution in [0.15, 0.2) is 35.4 Å². The molecular formula is C17H22N2O2S2. The molecule has 0 fully saturated rings. The summed E-state index contributed by atoms with van der Waals surface area (Å²) in [6, 6.07) is 7.80. The smallest absolute Gasteiger partial charge is 0.252 e. The molecule has 0 aliphatic carbocycles. The predicted octanol–water partition coefficient (Wildman–Crippen LogP) is 4.15. The number of fused-ring (bicyclic) bond motifs is 1. The van der Waals surface area contributed by atoms with Crippen molar-refractivity contribution in [2.45, 2.75) is 30.7 Å². The van der Waals surface area contributed by atoms with Gasteiger partial charge in [0.2, 0.25) is 0 Å². The van der Waals surface area contributed by atoms with Crippen LogP contribution in [0.25, 0.3) is 10.9 Å². The summed E-state index contributed by atoms with van der Waals surface area (Å²) < 4.78 is 5.05. The maximum absolute atomic E-state index is 12.6. The SMILES string of the molecule is COCCCC(C)NC(=O)c1ccc(SSC)c2ncccc12. The molecule has 1 N–H and O–H groups in total. The maximum Gasteiger partial charge on any atom is 0.252 e. The molecule has 1 heterocycles. The lowest BCUT2D eigenvalue weighted by Gasteiger charge is -2.15. The van der Waals surface area contributed by atoms with Gasteiger partial charge >= 0.3 is 0 Å². The lowest BCUT2D eigenvalue weighted by atomic mass is 10.1. The zero-order valence-electron chi connectivity index (χ0n) is 13.7. The Hall–Kier alpha value is -1.24. The van der Waals surface area contributed by atoms with Crippen molar-refractivity contribution in [1.82, 2.24) is 10.3 Å². The standard InChI is InChI=1S/C17H22N2O2S2/c1-12(6-5-11-21-2)19-17(20)14-8-9-15(23-22-3)16-13(14)7-4-10-18-16/h4,7-10,12H,5-6,11H2,1-3H3,(H,19,20). The lowest BCUT2D eigenvalue weighted by molar-refractivity contribution is 0.0937. The number of carbonyl (C=O) groups excluding carboxylic acids is 1. The highest BCUT2D eigenvalue weighted by molar-refractivity contribution is 8.76. The second-order valence-corrected chi connectivity index (χ2v) is 7.71. The number of rotatable bonds is 8. The second kappa shape index (κ2) is 9.15. The molecule has 4 nitrogen and oxygen atoms in total. The highest BCUT2D eigenvalue weighted by Crippen LogP contribution is 2.34. The number of benzene rings is 1. The fraction of sp³-hybridized carbons (Fsp3) is 0.412. The van der Waals surface area contributed by atoms with Crippen LogP contribution >= 0.6 is 21.6 Å². The molecule has 0 spiro atoms. The Balaban J connectivity index is 2.19. The first-order valence-electron chi connectivity index (χ1n) is 7.55. The van der Waals surface area contributed by atoms with E-state index in [2.05, 4.69) is 10.3 Å². The molecule has 2 aromatic rings. The average molecular weight is 351 g/mol. The minimum absolute atomic E-state index is 0.0476. The van der Waals surface area contributed by atoms with Crippen molar-refractivity contribution in [1.29, 1.82) is 0 Å². The van der Waals surface area contributed by atoms with Crippen LogP contribution in [0.3, 0.4) is 0 Å². The van der Waals surface area contributed by atoms with E-state index in [9.17, 15) is 4.79 Å². The van der Waals surface area contributed by atoms with E-state index >= 15 is 0 Å². The molecule has 1 amide bonds. The van der Waals surface area contributed by atoms with Crippen molar-refractivity contribution in [3.8, 4) is 0 Å². The molecule has 0 aliphatic heterocycles. The quantitative estimate of drug-likeness (QED) is 0.572. The molecule has 124 valence electrons. The summed E-state index contributed by atoms with van der Waals surface area (Å²) in [7, 11) is 5.02. The summed E-state index contributed by atoms with van der Waals surface area (Å²) in [5, 5.41) is 3.96. The summed E-state index contributed by atoms with van der Waals surface area (Å²) in [6.45, 7) is 2.74. The van der Waals surface area contributed by atoms with E-state index in [1.165, 1.54) is 0 Å². The van der Waals surface area contributed by atoms with E-state index in [1.54, 1.807) is 34.9 Å². The summed E-state index contributed by atoms with van der Waals surface area (Å²) in [6.07, 6.45) is 5.63. The third-order valence-electron chi connectivity index (χ3n) is 3.51. The van der Waals surface area contributed by atoms with E-state index < -0.39 is 0 Å². The Morgan fingerprint density at radius 3 is 2.96 bits per heavy atom. The van der Waals surface area contributed by atoms with Gasteiger partial charge in [0.25, 0.3) is 5.91 Å². The van der Waals surface area contributed by atoms with Crippen LogP contribution in [0, 0.1) is 0 Å². The summed E-state index contributed by atoms with van der Waals surface area (Å²) in [5.74, 6) is -0.0476. The first-order valence-corrected chi connectivity index (χ1v) is 10.1. The Morgan fingerprint density at radius 1 is 1.39 bits per heavy atom. The predicted molar refractivity (Wildman–Crippen MR) is 99.2 cm³/mol. The molecule has 1 unspecified atom stereocenters. The van der Waals surface area contributed by atoms with Crippen LogP contribution < -0.4 is 5.32 Å². The second-order valence-electron chi connectivity index (χ2n) is 5.27. The van der Waals surface area contributed by atoms with E-state index in [-0.39, 0.29) is 11.9 Å². The van der Waals surface area contributed by atoms with Crippen LogP contribution in [0.5, 0.6) is 0 Å². The minimum atomic E-state index is -0.0476. The molecule has 0 saturated carbocycles. The average Bonchev–Trinajstić information content (AvgIpc) is 2.55. The molecule has 6 heteroatoms. The Kier molecular flexibility index (Phi) is 7.20. The number of methoxy groups -OCH3 is 1. The van der Waals surface area contributed by atoms with Crippen molar-refractivity contribution in [2.75, 3.05) is 20.0 Å². The Morgan fingerprint density at radius 2 is 2.22 bits per heavy atom. The molecule has 2 rings (SSSR count). The van der Waals surface area contributed by atoms with Gasteiger partial charge in [0.15, 0.2) is 0 Å². The first kappa shape index (κ1) is 18.1. The lowest BCUT2D eigenvalue weighted by Crippen LogP contribution is -2.32.